The Labute approximate surface area is 146 Å². The van der Waals surface area contributed by atoms with Crippen LogP contribution in [0.4, 0.5) is 0 Å². The quantitative estimate of drug-likeness (QED) is 0.373. The second-order valence-electron chi connectivity index (χ2n) is 5.92. The van der Waals surface area contributed by atoms with Gasteiger partial charge in [-0.3, -0.25) is 4.79 Å². The maximum absolute atomic E-state index is 12.7. The minimum absolute atomic E-state index is 0.0471. The van der Waals surface area contributed by atoms with Crippen LogP contribution in [0.1, 0.15) is 55.3 Å². The van der Waals surface area contributed by atoms with E-state index in [1.54, 1.807) is 0 Å². The van der Waals surface area contributed by atoms with Crippen molar-refractivity contribution in [2.45, 2.75) is 55.9 Å². The monoisotopic (exact) mass is 369 g/mol. The van der Waals surface area contributed by atoms with Crippen molar-refractivity contribution in [1.29, 1.82) is 0 Å². The van der Waals surface area contributed by atoms with Gasteiger partial charge in [-0.2, -0.15) is 4.79 Å². The maximum Gasteiger partial charge on any atom is 0.328 e. The van der Waals surface area contributed by atoms with Crippen molar-refractivity contribution in [3.8, 4) is 0 Å². The lowest BCUT2D eigenvalue weighted by Gasteiger charge is -2.21. The molecular formula is C16H20ClN3O3S. The predicted molar refractivity (Wildman–Crippen MR) is 91.9 cm³/mol. The zero-order valence-corrected chi connectivity index (χ0v) is 14.8. The molecule has 1 aliphatic rings. The molecule has 0 bridgehead atoms. The van der Waals surface area contributed by atoms with Gasteiger partial charge in [0.15, 0.2) is 0 Å². The topological polar surface area (TPSA) is 99.6 Å². The molecule has 0 aromatic heterocycles. The average molecular weight is 370 g/mol. The molecule has 0 spiro atoms. The molecule has 1 aromatic rings. The molecule has 6 nitrogen and oxygen atoms in total. The predicted octanol–water partition coefficient (Wildman–Crippen LogP) is 3.21. The molecule has 1 N–H and O–H groups in total. The summed E-state index contributed by atoms with van der Waals surface area (Å²) in [6.07, 6.45) is 7.72. The Morgan fingerprint density at radius 2 is 1.83 bits per heavy atom. The van der Waals surface area contributed by atoms with Gasteiger partial charge in [-0.25, -0.2) is 13.1 Å². The fourth-order valence-corrected chi connectivity index (χ4v) is 4.68. The van der Waals surface area contributed by atoms with E-state index in [1.807, 2.05) is 0 Å². The summed E-state index contributed by atoms with van der Waals surface area (Å²) in [5, 5.41) is 0.0471. The van der Waals surface area contributed by atoms with Gasteiger partial charge in [0.2, 0.25) is 10.0 Å². The van der Waals surface area contributed by atoms with Gasteiger partial charge in [0.25, 0.3) is 5.78 Å². The first-order valence-electron chi connectivity index (χ1n) is 7.97. The number of nitrogens with zero attached hydrogens (tertiary/aromatic N) is 2. The molecule has 24 heavy (non-hydrogen) atoms. The number of carbonyl (C=O) groups excluding carboxylic acids is 1. The van der Waals surface area contributed by atoms with E-state index >= 15 is 0 Å². The number of benzene rings is 1. The molecule has 130 valence electrons. The van der Waals surface area contributed by atoms with Crippen molar-refractivity contribution in [1.82, 2.24) is 4.72 Å². The van der Waals surface area contributed by atoms with E-state index in [9.17, 15) is 13.2 Å². The summed E-state index contributed by atoms with van der Waals surface area (Å²) >= 11 is 6.03. The van der Waals surface area contributed by atoms with Crippen LogP contribution in [-0.4, -0.2) is 31.2 Å². The summed E-state index contributed by atoms with van der Waals surface area (Å²) in [5.74, 6) is -0.600. The normalized spacial score (nSPS) is 16.7. The Balaban J connectivity index is 2.25. The van der Waals surface area contributed by atoms with Gasteiger partial charge in [-0.15, -0.1) is 0 Å². The largest absolute Gasteiger partial charge is 0.361 e. The fraction of sp³-hybridized carbons (Fsp3) is 0.500. The number of sulfonamides is 1. The van der Waals surface area contributed by atoms with Gasteiger partial charge < -0.3 is 5.53 Å². The Bertz CT molecular complexity index is 750. The van der Waals surface area contributed by atoms with Crippen molar-refractivity contribution in [2.75, 3.05) is 0 Å². The third-order valence-electron chi connectivity index (χ3n) is 4.11. The first-order valence-corrected chi connectivity index (χ1v) is 9.84. The van der Waals surface area contributed by atoms with Crippen molar-refractivity contribution in [2.24, 2.45) is 0 Å². The maximum atomic E-state index is 12.7. The number of halogens is 1. The zero-order chi connectivity index (χ0) is 17.6. The fourth-order valence-electron chi connectivity index (χ4n) is 2.85. The van der Waals surface area contributed by atoms with E-state index in [2.05, 4.69) is 9.51 Å². The second kappa shape index (κ2) is 8.53. The van der Waals surface area contributed by atoms with Crippen molar-refractivity contribution in [3.05, 3.63) is 34.3 Å². The smallest absolute Gasteiger partial charge is 0.328 e. The van der Waals surface area contributed by atoms with Crippen molar-refractivity contribution < 1.29 is 18.0 Å². The molecule has 0 heterocycles. The third kappa shape index (κ3) is 4.98. The highest BCUT2D eigenvalue weighted by atomic mass is 35.5. The highest BCUT2D eigenvalue weighted by Gasteiger charge is 2.24. The molecule has 0 unspecified atom stereocenters. The number of hydrogen-bond acceptors (Lipinski definition) is 3. The lowest BCUT2D eigenvalue weighted by molar-refractivity contribution is 0.00234. The summed E-state index contributed by atoms with van der Waals surface area (Å²) in [6, 6.07) is 3.83. The number of nitrogens with one attached hydrogen (secondary N) is 1. The summed E-state index contributed by atoms with van der Waals surface area (Å²) in [4.78, 5) is 14.3. The Kier molecular flexibility index (Phi) is 6.69. The van der Waals surface area contributed by atoms with E-state index < -0.39 is 15.8 Å². The highest BCUT2D eigenvalue weighted by Crippen LogP contribution is 2.25. The summed E-state index contributed by atoms with van der Waals surface area (Å²) in [7, 11) is -3.83. The van der Waals surface area contributed by atoms with Gasteiger partial charge >= 0.3 is 6.21 Å². The molecule has 0 amide bonds. The zero-order valence-electron chi connectivity index (χ0n) is 13.2. The van der Waals surface area contributed by atoms with Crippen LogP contribution in [0.5, 0.6) is 0 Å². The van der Waals surface area contributed by atoms with Crippen LogP contribution >= 0.6 is 11.6 Å². The van der Waals surface area contributed by atoms with Crippen LogP contribution in [0.25, 0.3) is 5.53 Å². The van der Waals surface area contributed by atoms with Crippen LogP contribution in [-0.2, 0) is 10.0 Å². The van der Waals surface area contributed by atoms with E-state index in [0.29, 0.717) is 6.21 Å². The van der Waals surface area contributed by atoms with Crippen LogP contribution in [0.15, 0.2) is 23.1 Å². The molecule has 0 aliphatic heterocycles. The molecule has 0 saturated heterocycles. The number of hydrogen-bond donors (Lipinski definition) is 1. The van der Waals surface area contributed by atoms with E-state index in [1.165, 1.54) is 24.6 Å². The molecule has 0 radical (unpaired) electrons. The van der Waals surface area contributed by atoms with E-state index in [-0.39, 0.29) is 21.5 Å². The van der Waals surface area contributed by atoms with Crippen molar-refractivity contribution >= 4 is 33.6 Å². The minimum atomic E-state index is -3.83. The summed E-state index contributed by atoms with van der Waals surface area (Å²) < 4.78 is 28.0. The number of carbonyl (C=O) groups is 1. The molecule has 1 saturated carbocycles. The Morgan fingerprint density at radius 1 is 1.21 bits per heavy atom. The average Bonchev–Trinajstić information content (AvgIpc) is 2.50. The molecule has 0 atom stereocenters. The van der Waals surface area contributed by atoms with Gasteiger partial charge in [-0.05, 0) is 31.0 Å². The van der Waals surface area contributed by atoms with E-state index in [0.717, 1.165) is 38.5 Å². The highest BCUT2D eigenvalue weighted by molar-refractivity contribution is 7.89. The van der Waals surface area contributed by atoms with Gasteiger partial charge in [0, 0.05) is 11.6 Å². The SMILES string of the molecule is [N-]=[N+]=CC(=O)c1ccc(Cl)c(S(=O)(=O)NC2CCCCCCC2)c1. The summed E-state index contributed by atoms with van der Waals surface area (Å²) in [5.41, 5.74) is 8.53. The number of Topliss-reactive ketones (excluding diaryl/α,β-unsaturated/α-hetero) is 1. The van der Waals surface area contributed by atoms with Gasteiger partial charge in [0.05, 0.1) is 5.02 Å². The third-order valence-corrected chi connectivity index (χ3v) is 6.11. The second-order valence-corrected chi connectivity index (χ2v) is 8.01. The van der Waals surface area contributed by atoms with E-state index in [4.69, 9.17) is 17.1 Å². The number of rotatable bonds is 5. The lowest BCUT2D eigenvalue weighted by atomic mass is 9.97. The molecule has 1 aromatic carbocycles. The summed E-state index contributed by atoms with van der Waals surface area (Å²) in [6.45, 7) is 0. The van der Waals surface area contributed by atoms with Crippen LogP contribution in [0.2, 0.25) is 5.02 Å². The lowest BCUT2D eigenvalue weighted by Crippen LogP contribution is -2.35. The molecule has 1 fully saturated rings. The number of ketones is 1. The molecule has 8 heteroatoms. The standard InChI is InChI=1S/C16H20ClN3O3S/c17-14-9-8-12(15(21)11-19-18)10-16(14)24(22,23)20-13-6-4-2-1-3-5-7-13/h8-11,13,20H,1-7H2. The van der Waals surface area contributed by atoms with Crippen molar-refractivity contribution in [3.63, 3.8) is 0 Å². The van der Waals surface area contributed by atoms with Crippen LogP contribution in [0, 0.1) is 0 Å². The van der Waals surface area contributed by atoms with Crippen LogP contribution in [0.3, 0.4) is 0 Å². The molecule has 1 aliphatic carbocycles. The first kappa shape index (κ1) is 18.8. The Hall–Kier alpha value is -1.53. The molecular weight excluding hydrogens is 350 g/mol. The molecule has 2 rings (SSSR count). The first-order chi connectivity index (χ1) is 11.4. The van der Waals surface area contributed by atoms with Crippen LogP contribution < -0.4 is 4.72 Å². The minimum Gasteiger partial charge on any atom is -0.361 e. The van der Waals surface area contributed by atoms with Gasteiger partial charge in [0.1, 0.15) is 4.90 Å². The van der Waals surface area contributed by atoms with Gasteiger partial charge in [-0.1, -0.05) is 43.7 Å². The Morgan fingerprint density at radius 3 is 2.46 bits per heavy atom.